The van der Waals surface area contributed by atoms with Gasteiger partial charge in [0, 0.05) is 4.90 Å². The van der Waals surface area contributed by atoms with Gasteiger partial charge in [-0.15, -0.1) is 12.6 Å². The minimum absolute atomic E-state index is 0.340. The summed E-state index contributed by atoms with van der Waals surface area (Å²) in [6.45, 7) is 4.10. The Morgan fingerprint density at radius 2 is 2.00 bits per heavy atom. The van der Waals surface area contributed by atoms with Gasteiger partial charge in [0.2, 0.25) is 0 Å². The molecule has 11 heavy (non-hydrogen) atoms. The number of aromatic hydroxyl groups is 1. The van der Waals surface area contributed by atoms with Crippen LogP contribution in [0, 0.1) is 0 Å². The number of hydrogen-bond donors (Lipinski definition) is 2. The molecule has 0 amide bonds. The van der Waals surface area contributed by atoms with E-state index >= 15 is 0 Å². The number of thiol groups is 1. The average Bonchev–Trinajstić information content (AvgIpc) is 1.85. The summed E-state index contributed by atoms with van der Waals surface area (Å²) in [7, 11) is 0. The van der Waals surface area contributed by atoms with Gasteiger partial charge in [-0.25, -0.2) is 0 Å². The van der Waals surface area contributed by atoms with Crippen LogP contribution in [0.3, 0.4) is 0 Å². The van der Waals surface area contributed by atoms with E-state index < -0.39 is 0 Å². The maximum absolute atomic E-state index is 9.41. The van der Waals surface area contributed by atoms with E-state index in [-0.39, 0.29) is 0 Å². The summed E-state index contributed by atoms with van der Waals surface area (Å²) >= 11 is 4.11. The van der Waals surface area contributed by atoms with Crippen molar-refractivity contribution in [1.82, 2.24) is 0 Å². The van der Waals surface area contributed by atoms with Crippen molar-refractivity contribution in [1.29, 1.82) is 0 Å². The molecule has 0 heterocycles. The first-order valence-electron chi connectivity index (χ1n) is 3.63. The van der Waals surface area contributed by atoms with Gasteiger partial charge >= 0.3 is 0 Å². The Morgan fingerprint density at radius 1 is 1.36 bits per heavy atom. The second-order valence-electron chi connectivity index (χ2n) is 2.90. The van der Waals surface area contributed by atoms with Gasteiger partial charge in [0.1, 0.15) is 5.75 Å². The van der Waals surface area contributed by atoms with Crippen molar-refractivity contribution < 1.29 is 5.11 Å². The summed E-state index contributed by atoms with van der Waals surface area (Å²) in [5.41, 5.74) is 0.975. The summed E-state index contributed by atoms with van der Waals surface area (Å²) < 4.78 is 0. The average molecular weight is 168 g/mol. The van der Waals surface area contributed by atoms with Gasteiger partial charge in [0.25, 0.3) is 0 Å². The molecule has 1 nitrogen and oxygen atoms in total. The molecule has 2 heteroatoms. The second-order valence-corrected chi connectivity index (χ2v) is 3.41. The maximum atomic E-state index is 9.41. The van der Waals surface area contributed by atoms with Crippen molar-refractivity contribution in [2.24, 2.45) is 0 Å². The predicted molar refractivity (Wildman–Crippen MR) is 49.4 cm³/mol. The first-order chi connectivity index (χ1) is 5.11. The van der Waals surface area contributed by atoms with Crippen molar-refractivity contribution in [3.63, 3.8) is 0 Å². The smallest absolute Gasteiger partial charge is 0.120 e. The van der Waals surface area contributed by atoms with Crippen LogP contribution in [0.2, 0.25) is 0 Å². The maximum Gasteiger partial charge on any atom is 0.120 e. The molecule has 1 rings (SSSR count). The van der Waals surface area contributed by atoms with Gasteiger partial charge in [-0.05, 0) is 23.6 Å². The number of hydrogen-bond acceptors (Lipinski definition) is 2. The van der Waals surface area contributed by atoms with Gasteiger partial charge in [0.05, 0.1) is 0 Å². The minimum atomic E-state index is 0.340. The highest BCUT2D eigenvalue weighted by atomic mass is 32.1. The molecule has 0 aromatic heterocycles. The molecule has 0 aliphatic rings. The Hall–Kier alpha value is -0.630. The zero-order chi connectivity index (χ0) is 8.43. The number of phenols is 1. The molecule has 0 bridgehead atoms. The zero-order valence-corrected chi connectivity index (χ0v) is 7.60. The zero-order valence-electron chi connectivity index (χ0n) is 6.70. The Labute approximate surface area is 72.5 Å². The minimum Gasteiger partial charge on any atom is -0.508 e. The van der Waals surface area contributed by atoms with E-state index in [0.29, 0.717) is 11.7 Å². The standard InChI is InChI=1S/C9H12OS/c1-6(2)8-4-3-7(11)5-9(8)10/h3-6,10-11H,1-2H3. The van der Waals surface area contributed by atoms with Crippen LogP contribution >= 0.6 is 12.6 Å². The molecule has 60 valence electrons. The van der Waals surface area contributed by atoms with Crippen molar-refractivity contribution in [2.45, 2.75) is 24.7 Å². The fourth-order valence-corrected chi connectivity index (χ4v) is 1.22. The number of rotatable bonds is 1. The van der Waals surface area contributed by atoms with Crippen LogP contribution in [0.5, 0.6) is 5.75 Å². The molecule has 0 aliphatic heterocycles. The Balaban J connectivity index is 3.09. The van der Waals surface area contributed by atoms with E-state index in [1.54, 1.807) is 6.07 Å². The van der Waals surface area contributed by atoms with Crippen molar-refractivity contribution in [3.8, 4) is 5.75 Å². The SMILES string of the molecule is CC(C)c1ccc(S)cc1O. The lowest BCUT2D eigenvalue weighted by Gasteiger charge is -2.07. The van der Waals surface area contributed by atoms with Crippen LogP contribution in [-0.4, -0.2) is 5.11 Å². The van der Waals surface area contributed by atoms with Crippen LogP contribution in [0.4, 0.5) is 0 Å². The van der Waals surface area contributed by atoms with Gasteiger partial charge in [-0.1, -0.05) is 19.9 Å². The van der Waals surface area contributed by atoms with Crippen LogP contribution in [0.25, 0.3) is 0 Å². The highest BCUT2D eigenvalue weighted by Crippen LogP contribution is 2.26. The second kappa shape index (κ2) is 3.18. The van der Waals surface area contributed by atoms with Crippen LogP contribution in [-0.2, 0) is 0 Å². The summed E-state index contributed by atoms with van der Waals surface area (Å²) in [6.07, 6.45) is 0. The van der Waals surface area contributed by atoms with E-state index in [4.69, 9.17) is 0 Å². The van der Waals surface area contributed by atoms with E-state index in [0.717, 1.165) is 10.5 Å². The highest BCUT2D eigenvalue weighted by Gasteiger charge is 2.04. The molecular weight excluding hydrogens is 156 g/mol. The monoisotopic (exact) mass is 168 g/mol. The first-order valence-corrected chi connectivity index (χ1v) is 4.08. The predicted octanol–water partition coefficient (Wildman–Crippen LogP) is 2.80. The van der Waals surface area contributed by atoms with E-state index in [9.17, 15) is 5.11 Å². The van der Waals surface area contributed by atoms with Gasteiger partial charge in [-0.2, -0.15) is 0 Å². The molecule has 0 atom stereocenters. The van der Waals surface area contributed by atoms with Gasteiger partial charge < -0.3 is 5.11 Å². The van der Waals surface area contributed by atoms with Crippen molar-refractivity contribution >= 4 is 12.6 Å². The molecule has 0 spiro atoms. The fourth-order valence-electron chi connectivity index (χ4n) is 1.02. The van der Waals surface area contributed by atoms with E-state index in [2.05, 4.69) is 12.6 Å². The van der Waals surface area contributed by atoms with Gasteiger partial charge in [0.15, 0.2) is 0 Å². The molecule has 1 aromatic carbocycles. The summed E-state index contributed by atoms with van der Waals surface area (Å²) in [4.78, 5) is 0.798. The lowest BCUT2D eigenvalue weighted by Crippen LogP contribution is -1.86. The lowest BCUT2D eigenvalue weighted by atomic mass is 10.0. The molecular formula is C9H12OS. The summed E-state index contributed by atoms with van der Waals surface area (Å²) in [6, 6.07) is 5.46. The largest absolute Gasteiger partial charge is 0.508 e. The number of phenolic OH excluding ortho intramolecular Hbond substituents is 1. The third-order valence-electron chi connectivity index (χ3n) is 1.64. The topological polar surface area (TPSA) is 20.2 Å². The van der Waals surface area contributed by atoms with Crippen LogP contribution in [0.1, 0.15) is 25.3 Å². The normalized spacial score (nSPS) is 10.5. The van der Waals surface area contributed by atoms with Crippen LogP contribution in [0.15, 0.2) is 23.1 Å². The summed E-state index contributed by atoms with van der Waals surface area (Å²) in [5.74, 6) is 0.705. The lowest BCUT2D eigenvalue weighted by molar-refractivity contribution is 0.463. The van der Waals surface area contributed by atoms with Crippen molar-refractivity contribution in [2.75, 3.05) is 0 Å². The van der Waals surface area contributed by atoms with Gasteiger partial charge in [-0.3, -0.25) is 0 Å². The molecule has 0 fully saturated rings. The molecule has 0 saturated carbocycles. The Kier molecular flexibility index (Phi) is 2.45. The molecule has 0 aliphatic carbocycles. The molecule has 1 aromatic rings. The quantitative estimate of drug-likeness (QED) is 0.618. The molecule has 1 N–H and O–H groups in total. The third kappa shape index (κ3) is 1.90. The summed E-state index contributed by atoms with van der Waals surface area (Å²) in [5, 5.41) is 9.41. The third-order valence-corrected chi connectivity index (χ3v) is 1.91. The van der Waals surface area contributed by atoms with Crippen molar-refractivity contribution in [3.05, 3.63) is 23.8 Å². The first kappa shape index (κ1) is 8.47. The number of benzene rings is 1. The molecule has 0 saturated heterocycles. The molecule has 0 radical (unpaired) electrons. The molecule has 0 unspecified atom stereocenters. The van der Waals surface area contributed by atoms with E-state index in [1.165, 1.54) is 0 Å². The fraction of sp³-hybridized carbons (Fsp3) is 0.333. The van der Waals surface area contributed by atoms with E-state index in [1.807, 2.05) is 26.0 Å². The van der Waals surface area contributed by atoms with Crippen LogP contribution < -0.4 is 0 Å². The highest BCUT2D eigenvalue weighted by molar-refractivity contribution is 7.80. The Bertz CT molecular complexity index is 256. The Morgan fingerprint density at radius 3 is 2.45 bits per heavy atom.